The Labute approximate surface area is 110 Å². The van der Waals surface area contributed by atoms with Crippen LogP contribution in [0.2, 0.25) is 0 Å². The first-order chi connectivity index (χ1) is 8.28. The normalized spacial score (nSPS) is 12.0. The van der Waals surface area contributed by atoms with E-state index >= 15 is 0 Å². The summed E-state index contributed by atoms with van der Waals surface area (Å²) in [5.74, 6) is 0.783. The third kappa shape index (κ3) is 4.36. The lowest BCUT2D eigenvalue weighted by molar-refractivity contribution is 0.0699. The van der Waals surface area contributed by atoms with Gasteiger partial charge in [-0.05, 0) is 49.9 Å². The molecule has 98 valence electrons. The van der Waals surface area contributed by atoms with Crippen LogP contribution < -0.4 is 4.74 Å². The molecule has 0 heterocycles. The standard InChI is InChI=1S/C16H22O2/c1-6-15(2,3)12-16(4,5)18-14-9-7-13(11-17)8-10-14/h6-11H,1,12H2,2-5H3. The summed E-state index contributed by atoms with van der Waals surface area (Å²) in [6, 6.07) is 7.17. The van der Waals surface area contributed by atoms with Gasteiger partial charge in [-0.15, -0.1) is 6.58 Å². The highest BCUT2D eigenvalue weighted by atomic mass is 16.5. The van der Waals surface area contributed by atoms with Crippen LogP contribution >= 0.6 is 0 Å². The van der Waals surface area contributed by atoms with Crippen LogP contribution in [-0.4, -0.2) is 11.9 Å². The third-order valence-corrected chi connectivity index (χ3v) is 2.84. The van der Waals surface area contributed by atoms with Gasteiger partial charge in [-0.3, -0.25) is 4.79 Å². The Morgan fingerprint density at radius 3 is 2.17 bits per heavy atom. The number of carbonyl (C=O) groups is 1. The molecule has 0 amide bonds. The van der Waals surface area contributed by atoms with Gasteiger partial charge in [-0.1, -0.05) is 19.9 Å². The predicted octanol–water partition coefficient (Wildman–Crippen LogP) is 4.26. The summed E-state index contributed by atoms with van der Waals surface area (Å²) in [4.78, 5) is 10.6. The first kappa shape index (κ1) is 14.5. The van der Waals surface area contributed by atoms with Crippen LogP contribution in [0.1, 0.15) is 44.5 Å². The topological polar surface area (TPSA) is 26.3 Å². The van der Waals surface area contributed by atoms with Crippen molar-refractivity contribution < 1.29 is 9.53 Å². The van der Waals surface area contributed by atoms with Crippen LogP contribution in [0.4, 0.5) is 0 Å². The molecule has 0 radical (unpaired) electrons. The molecule has 0 aliphatic carbocycles. The Kier molecular flexibility index (Phi) is 4.33. The molecular formula is C16H22O2. The van der Waals surface area contributed by atoms with Crippen molar-refractivity contribution in [1.82, 2.24) is 0 Å². The molecule has 0 spiro atoms. The molecule has 18 heavy (non-hydrogen) atoms. The summed E-state index contributed by atoms with van der Waals surface area (Å²) < 4.78 is 5.98. The van der Waals surface area contributed by atoms with Gasteiger partial charge in [-0.25, -0.2) is 0 Å². The lowest BCUT2D eigenvalue weighted by atomic mass is 9.82. The van der Waals surface area contributed by atoms with Crippen LogP contribution in [0.5, 0.6) is 5.75 Å². The zero-order valence-corrected chi connectivity index (χ0v) is 11.7. The van der Waals surface area contributed by atoms with Crippen molar-refractivity contribution in [3.8, 4) is 5.75 Å². The summed E-state index contributed by atoms with van der Waals surface area (Å²) in [6.07, 6.45) is 3.66. The van der Waals surface area contributed by atoms with Crippen LogP contribution in [0.15, 0.2) is 36.9 Å². The van der Waals surface area contributed by atoms with E-state index in [-0.39, 0.29) is 11.0 Å². The van der Waals surface area contributed by atoms with Crippen molar-refractivity contribution in [2.45, 2.75) is 39.7 Å². The largest absolute Gasteiger partial charge is 0.488 e. The molecule has 0 fully saturated rings. The molecule has 2 heteroatoms. The van der Waals surface area contributed by atoms with Crippen molar-refractivity contribution in [3.63, 3.8) is 0 Å². The maximum absolute atomic E-state index is 10.6. The van der Waals surface area contributed by atoms with Crippen LogP contribution in [-0.2, 0) is 0 Å². The van der Waals surface area contributed by atoms with Gasteiger partial charge >= 0.3 is 0 Å². The molecule has 0 aliphatic heterocycles. The van der Waals surface area contributed by atoms with E-state index in [1.807, 2.05) is 18.2 Å². The van der Waals surface area contributed by atoms with Gasteiger partial charge in [0, 0.05) is 5.56 Å². The summed E-state index contributed by atoms with van der Waals surface area (Å²) in [6.45, 7) is 12.3. The summed E-state index contributed by atoms with van der Waals surface area (Å²) in [5.41, 5.74) is 0.415. The number of rotatable bonds is 6. The molecule has 0 saturated carbocycles. The Hall–Kier alpha value is -1.57. The average molecular weight is 246 g/mol. The first-order valence-corrected chi connectivity index (χ1v) is 6.16. The number of hydrogen-bond acceptors (Lipinski definition) is 2. The second-order valence-corrected chi connectivity index (χ2v) is 5.92. The minimum atomic E-state index is -0.277. The van der Waals surface area contributed by atoms with Gasteiger partial charge in [0.25, 0.3) is 0 Å². The van der Waals surface area contributed by atoms with E-state index in [0.29, 0.717) is 5.56 Å². The molecule has 0 saturated heterocycles. The second kappa shape index (κ2) is 5.38. The molecule has 0 unspecified atom stereocenters. The van der Waals surface area contributed by atoms with Crippen LogP contribution in [0.3, 0.4) is 0 Å². The fourth-order valence-corrected chi connectivity index (χ4v) is 2.14. The number of ether oxygens (including phenoxy) is 1. The van der Waals surface area contributed by atoms with Crippen molar-refractivity contribution in [3.05, 3.63) is 42.5 Å². The molecule has 0 aliphatic rings. The molecule has 1 aromatic carbocycles. The molecule has 1 rings (SSSR count). The van der Waals surface area contributed by atoms with Crippen LogP contribution in [0, 0.1) is 5.41 Å². The van der Waals surface area contributed by atoms with E-state index in [9.17, 15) is 4.79 Å². The van der Waals surface area contributed by atoms with E-state index in [2.05, 4.69) is 34.3 Å². The van der Waals surface area contributed by atoms with Crippen molar-refractivity contribution in [2.75, 3.05) is 0 Å². The zero-order chi connectivity index (χ0) is 13.8. The molecule has 0 N–H and O–H groups in total. The lowest BCUT2D eigenvalue weighted by Crippen LogP contribution is -2.33. The maximum Gasteiger partial charge on any atom is 0.150 e. The van der Waals surface area contributed by atoms with Gasteiger partial charge in [0.1, 0.15) is 17.6 Å². The highest BCUT2D eigenvalue weighted by Gasteiger charge is 2.28. The minimum Gasteiger partial charge on any atom is -0.488 e. The van der Waals surface area contributed by atoms with Gasteiger partial charge in [0.15, 0.2) is 0 Å². The smallest absolute Gasteiger partial charge is 0.150 e. The lowest BCUT2D eigenvalue weighted by Gasteiger charge is -2.33. The fraction of sp³-hybridized carbons (Fsp3) is 0.438. The van der Waals surface area contributed by atoms with Gasteiger partial charge in [-0.2, -0.15) is 0 Å². The Bertz CT molecular complexity index is 413. The van der Waals surface area contributed by atoms with E-state index in [1.54, 1.807) is 12.1 Å². The average Bonchev–Trinajstić information content (AvgIpc) is 2.28. The molecular weight excluding hydrogens is 224 g/mol. The van der Waals surface area contributed by atoms with Gasteiger partial charge in [0.05, 0.1) is 0 Å². The number of carbonyl (C=O) groups excluding carboxylic acids is 1. The van der Waals surface area contributed by atoms with Crippen molar-refractivity contribution >= 4 is 6.29 Å². The Morgan fingerprint density at radius 2 is 1.72 bits per heavy atom. The van der Waals surface area contributed by atoms with Crippen molar-refractivity contribution in [1.29, 1.82) is 0 Å². The monoisotopic (exact) mass is 246 g/mol. The number of aldehydes is 1. The second-order valence-electron chi connectivity index (χ2n) is 5.92. The van der Waals surface area contributed by atoms with E-state index < -0.39 is 0 Å². The van der Waals surface area contributed by atoms with Gasteiger partial charge in [0.2, 0.25) is 0 Å². The number of benzene rings is 1. The highest BCUT2D eigenvalue weighted by molar-refractivity contribution is 5.74. The first-order valence-electron chi connectivity index (χ1n) is 6.16. The fourth-order valence-electron chi connectivity index (χ4n) is 2.14. The molecule has 2 nitrogen and oxygen atoms in total. The predicted molar refractivity (Wildman–Crippen MR) is 75.1 cm³/mol. The summed E-state index contributed by atoms with van der Waals surface area (Å²) in [7, 11) is 0. The molecule has 1 aromatic rings. The Morgan fingerprint density at radius 1 is 1.17 bits per heavy atom. The van der Waals surface area contributed by atoms with E-state index in [0.717, 1.165) is 18.5 Å². The maximum atomic E-state index is 10.6. The minimum absolute atomic E-state index is 0.0340. The van der Waals surface area contributed by atoms with Crippen molar-refractivity contribution in [2.24, 2.45) is 5.41 Å². The quantitative estimate of drug-likeness (QED) is 0.554. The third-order valence-electron chi connectivity index (χ3n) is 2.84. The SMILES string of the molecule is C=CC(C)(C)CC(C)(C)Oc1ccc(C=O)cc1. The Balaban J connectivity index is 2.75. The zero-order valence-electron chi connectivity index (χ0n) is 11.7. The molecule has 0 atom stereocenters. The summed E-state index contributed by atoms with van der Waals surface area (Å²) in [5, 5.41) is 0. The molecule has 0 bridgehead atoms. The summed E-state index contributed by atoms with van der Waals surface area (Å²) >= 11 is 0. The van der Waals surface area contributed by atoms with E-state index in [4.69, 9.17) is 4.74 Å². The highest BCUT2D eigenvalue weighted by Crippen LogP contribution is 2.32. The molecule has 0 aromatic heterocycles. The number of allylic oxidation sites excluding steroid dienone is 1. The van der Waals surface area contributed by atoms with Crippen LogP contribution in [0.25, 0.3) is 0 Å². The van der Waals surface area contributed by atoms with E-state index in [1.165, 1.54) is 0 Å². The van der Waals surface area contributed by atoms with Gasteiger partial charge < -0.3 is 4.74 Å². The number of hydrogen-bond donors (Lipinski definition) is 0.